The molecule has 0 spiro atoms. The predicted molar refractivity (Wildman–Crippen MR) is 132 cm³/mol. The summed E-state index contributed by atoms with van der Waals surface area (Å²) in [6.45, 7) is 0. The molecule has 0 N–H and O–H groups in total. The Hall–Kier alpha value is -3.26. The molecule has 0 radical (unpaired) electrons. The molecule has 2 aliphatic rings. The summed E-state index contributed by atoms with van der Waals surface area (Å²) < 4.78 is 2.40. The number of thiophene rings is 1. The number of benzene rings is 1. The second-order valence-electron chi connectivity index (χ2n) is 7.26. The first-order valence-corrected chi connectivity index (χ1v) is 12.0. The molecule has 5 heterocycles. The molecule has 8 bridgehead atoms. The summed E-state index contributed by atoms with van der Waals surface area (Å²) in [5.41, 5.74) is 4.01. The molecule has 30 heavy (non-hydrogen) atoms. The molecule has 0 aliphatic carbocycles. The molecule has 4 heteroatoms. The molecular weight excluding hydrogens is 403 g/mol. The Morgan fingerprint density at radius 3 is 1.57 bits per heavy atom. The van der Waals surface area contributed by atoms with Crippen LogP contribution in [0.5, 0.6) is 0 Å². The fourth-order valence-electron chi connectivity index (χ4n) is 3.80. The highest BCUT2D eigenvalue weighted by Gasteiger charge is 2.07. The van der Waals surface area contributed by atoms with Crippen LogP contribution in [0.25, 0.3) is 49.2 Å². The average molecular weight is 420 g/mol. The molecule has 0 amide bonds. The molecule has 6 rings (SSSR count). The van der Waals surface area contributed by atoms with Crippen molar-refractivity contribution < 1.29 is 0 Å². The smallest absolute Gasteiger partial charge is 0.0651 e. The van der Waals surface area contributed by atoms with E-state index in [2.05, 4.69) is 103 Å². The third-order valence-electron chi connectivity index (χ3n) is 5.14. The maximum Gasteiger partial charge on any atom is 0.0651 e. The Kier molecular flexibility index (Phi) is 4.23. The van der Waals surface area contributed by atoms with E-state index in [1.807, 2.05) is 0 Å². The van der Waals surface area contributed by atoms with Crippen LogP contribution in [0.1, 0.15) is 22.8 Å². The minimum absolute atomic E-state index is 0.616. The fraction of sp³-hybridized carbons (Fsp3) is 0. The Morgan fingerprint density at radius 1 is 0.533 bits per heavy atom. The van der Waals surface area contributed by atoms with Crippen molar-refractivity contribution in [3.8, 4) is 5.30 Å². The van der Waals surface area contributed by atoms with Crippen molar-refractivity contribution in [2.75, 3.05) is 0 Å². The molecular formula is C26H17N2PS. The number of aromatic nitrogens is 2. The first kappa shape index (κ1) is 17.6. The number of nitrogens with zero attached hydrogens (tertiary/aromatic N) is 2. The number of rotatable bonds is 1. The highest BCUT2D eigenvalue weighted by Crippen LogP contribution is 2.49. The monoisotopic (exact) mass is 420 g/mol. The van der Waals surface area contributed by atoms with Gasteiger partial charge in [-0.05, 0) is 78.1 Å². The molecule has 0 atom stereocenters. The van der Waals surface area contributed by atoms with Crippen LogP contribution in [0, 0.1) is 0 Å². The molecule has 0 fully saturated rings. The molecule has 3 aromatic heterocycles. The number of fused-ring (bicyclic) bond motifs is 8. The number of hydrogen-bond donors (Lipinski definition) is 0. The molecule has 2 aliphatic heterocycles. The lowest BCUT2D eigenvalue weighted by atomic mass is 10.3. The Morgan fingerprint density at radius 2 is 1.03 bits per heavy atom. The zero-order chi connectivity index (χ0) is 19.9. The fourth-order valence-corrected chi connectivity index (χ4v) is 7.04. The van der Waals surface area contributed by atoms with E-state index in [-0.39, 0.29) is 0 Å². The molecule has 0 saturated carbocycles. The maximum atomic E-state index is 4.84. The lowest BCUT2D eigenvalue weighted by molar-refractivity contribution is 1.33. The molecule has 2 nitrogen and oxygen atoms in total. The summed E-state index contributed by atoms with van der Waals surface area (Å²) >= 11 is 1.76. The van der Waals surface area contributed by atoms with Gasteiger partial charge < -0.3 is 0 Å². The van der Waals surface area contributed by atoms with Crippen LogP contribution >= 0.6 is 18.9 Å². The van der Waals surface area contributed by atoms with E-state index in [0.29, 0.717) is 0 Å². The normalized spacial score (nSPS) is 12.4. The minimum Gasteiger partial charge on any atom is -0.249 e. The van der Waals surface area contributed by atoms with Gasteiger partial charge in [0.1, 0.15) is 0 Å². The van der Waals surface area contributed by atoms with Crippen molar-refractivity contribution in [1.29, 1.82) is 0 Å². The first-order chi connectivity index (χ1) is 14.8. The van der Waals surface area contributed by atoms with Crippen molar-refractivity contribution in [3.63, 3.8) is 0 Å². The summed E-state index contributed by atoms with van der Waals surface area (Å²) in [5.74, 6) is 0. The number of hydrogen-bond acceptors (Lipinski definition) is 3. The van der Waals surface area contributed by atoms with Gasteiger partial charge in [0.2, 0.25) is 0 Å². The highest BCUT2D eigenvalue weighted by molar-refractivity contribution is 7.66. The van der Waals surface area contributed by atoms with Crippen molar-refractivity contribution in [2.24, 2.45) is 0 Å². The highest BCUT2D eigenvalue weighted by atomic mass is 32.1. The average Bonchev–Trinajstić information content (AvgIpc) is 3.54. The second kappa shape index (κ2) is 7.21. The van der Waals surface area contributed by atoms with Gasteiger partial charge in [0.05, 0.1) is 22.8 Å². The quantitative estimate of drug-likeness (QED) is 0.269. The Labute approximate surface area is 179 Å². The summed E-state index contributed by atoms with van der Waals surface area (Å²) in [7, 11) is -0.616. The van der Waals surface area contributed by atoms with Gasteiger partial charge >= 0.3 is 0 Å². The molecule has 0 saturated heterocycles. The Bertz CT molecular complexity index is 1400. The Balaban J connectivity index is 1.72. The second-order valence-corrected chi connectivity index (χ2v) is 10.6. The third kappa shape index (κ3) is 3.33. The van der Waals surface area contributed by atoms with Crippen LogP contribution in [0.2, 0.25) is 0 Å². The van der Waals surface area contributed by atoms with Crippen molar-refractivity contribution in [3.05, 3.63) is 102 Å². The van der Waals surface area contributed by atoms with Crippen LogP contribution in [0.15, 0.2) is 78.9 Å². The molecule has 0 unspecified atom stereocenters. The van der Waals surface area contributed by atoms with E-state index < -0.39 is 7.53 Å². The van der Waals surface area contributed by atoms with Crippen LogP contribution in [0.4, 0.5) is 0 Å². The summed E-state index contributed by atoms with van der Waals surface area (Å²) in [5, 5.41) is 3.98. The van der Waals surface area contributed by atoms with Crippen molar-refractivity contribution in [1.82, 2.24) is 9.97 Å². The van der Waals surface area contributed by atoms with Gasteiger partial charge in [-0.15, -0.1) is 11.3 Å². The summed E-state index contributed by atoms with van der Waals surface area (Å²) in [6, 6.07) is 28.3. The van der Waals surface area contributed by atoms with Crippen molar-refractivity contribution >= 4 is 62.8 Å². The van der Waals surface area contributed by atoms with Crippen molar-refractivity contribution in [2.45, 2.75) is 0 Å². The zero-order valence-electron chi connectivity index (χ0n) is 16.1. The summed E-state index contributed by atoms with van der Waals surface area (Å²) in [6.07, 6.45) is 8.41. The topological polar surface area (TPSA) is 25.8 Å². The minimum atomic E-state index is -0.616. The SMILES string of the molecule is C1=Cc2cc3ccc(cc4nc(cc5ccc(cc1n2)s5)C=C4)p3-c1ccccc1. The largest absolute Gasteiger partial charge is 0.249 e. The van der Waals surface area contributed by atoms with Gasteiger partial charge in [0, 0.05) is 19.6 Å². The standard InChI is InChI=1S/C26H17N2PS/c1-2-4-22(5-3-1)29-23-10-11-24(29)15-19-7-9-21(28-19)17-26-13-12-25(30-26)16-20-8-6-18(14-23)27-20/h1-17H. The van der Waals surface area contributed by atoms with Gasteiger partial charge in [0.25, 0.3) is 0 Å². The summed E-state index contributed by atoms with van der Waals surface area (Å²) in [4.78, 5) is 9.68. The van der Waals surface area contributed by atoms with E-state index in [4.69, 9.17) is 9.97 Å². The van der Waals surface area contributed by atoms with Crippen LogP contribution in [-0.4, -0.2) is 9.97 Å². The molecule has 4 aromatic rings. The van der Waals surface area contributed by atoms with Crippen LogP contribution < -0.4 is 0 Å². The maximum absolute atomic E-state index is 4.84. The molecule has 142 valence electrons. The van der Waals surface area contributed by atoms with Crippen LogP contribution in [-0.2, 0) is 0 Å². The van der Waals surface area contributed by atoms with Crippen LogP contribution in [0.3, 0.4) is 0 Å². The first-order valence-electron chi connectivity index (χ1n) is 9.84. The third-order valence-corrected chi connectivity index (χ3v) is 8.52. The van der Waals surface area contributed by atoms with Gasteiger partial charge in [-0.25, -0.2) is 9.97 Å². The lowest BCUT2D eigenvalue weighted by Crippen LogP contribution is -1.72. The zero-order valence-corrected chi connectivity index (χ0v) is 17.8. The van der Waals surface area contributed by atoms with E-state index in [1.54, 1.807) is 11.3 Å². The van der Waals surface area contributed by atoms with Gasteiger partial charge in [-0.2, -0.15) is 0 Å². The van der Waals surface area contributed by atoms with E-state index in [1.165, 1.54) is 24.9 Å². The van der Waals surface area contributed by atoms with Gasteiger partial charge in [0.15, 0.2) is 0 Å². The van der Waals surface area contributed by atoms with E-state index in [0.717, 1.165) is 22.8 Å². The van der Waals surface area contributed by atoms with E-state index >= 15 is 0 Å². The lowest BCUT2D eigenvalue weighted by Gasteiger charge is -2.02. The van der Waals surface area contributed by atoms with Gasteiger partial charge in [-0.1, -0.05) is 37.9 Å². The van der Waals surface area contributed by atoms with Gasteiger partial charge in [-0.3, -0.25) is 0 Å². The predicted octanol–water partition coefficient (Wildman–Crippen LogP) is 8.04. The molecule has 1 aromatic carbocycles. The van der Waals surface area contributed by atoms with E-state index in [9.17, 15) is 0 Å².